The third-order valence-electron chi connectivity index (χ3n) is 5.99. The summed E-state index contributed by atoms with van der Waals surface area (Å²) < 4.78 is 55.7. The molecule has 1 fully saturated rings. The Labute approximate surface area is 194 Å². The first kappa shape index (κ1) is 23.8. The van der Waals surface area contributed by atoms with Gasteiger partial charge in [-0.2, -0.15) is 0 Å². The van der Waals surface area contributed by atoms with Gasteiger partial charge in [0, 0.05) is 60.5 Å². The van der Waals surface area contributed by atoms with Gasteiger partial charge in [-0.1, -0.05) is 13.8 Å². The van der Waals surface area contributed by atoms with E-state index in [1.807, 2.05) is 13.8 Å². The van der Waals surface area contributed by atoms with Crippen LogP contribution in [0.2, 0.25) is 0 Å². The Hall–Kier alpha value is -3.36. The monoisotopic (exact) mass is 472 g/mol. The maximum atomic E-state index is 14.7. The van der Waals surface area contributed by atoms with Crippen LogP contribution in [0.3, 0.4) is 0 Å². The number of alkyl halides is 2. The molecule has 0 radical (unpaired) electrons. The minimum absolute atomic E-state index is 0.0629. The molecule has 1 aliphatic rings. The highest BCUT2D eigenvalue weighted by molar-refractivity contribution is 6.06. The van der Waals surface area contributed by atoms with Gasteiger partial charge in [-0.3, -0.25) is 9.78 Å². The molecule has 2 aromatic heterocycles. The standard InChI is InChI=1S/C25H24F4N4O/c1-14(2)23-31-12-16(13-32-23)24(34)33-22-19(18-4-3-17(26)11-20(18)27)7-10-30-21(22)15-5-8-25(28,29)9-6-15/h3-4,7,10-15H,5-6,8-9H2,1-2H3,(H,33,34). The minimum atomic E-state index is -2.74. The highest BCUT2D eigenvalue weighted by Gasteiger charge is 2.37. The van der Waals surface area contributed by atoms with Gasteiger partial charge in [0.2, 0.25) is 5.92 Å². The number of carbonyl (C=O) groups is 1. The first-order chi connectivity index (χ1) is 16.1. The fraction of sp³-hybridized carbons (Fsp3) is 0.360. The molecule has 9 heteroatoms. The van der Waals surface area contributed by atoms with Gasteiger partial charge in [-0.25, -0.2) is 27.5 Å². The van der Waals surface area contributed by atoms with Crippen molar-refractivity contribution in [3.05, 3.63) is 71.6 Å². The Morgan fingerprint density at radius 2 is 1.71 bits per heavy atom. The third kappa shape index (κ3) is 5.08. The van der Waals surface area contributed by atoms with E-state index in [2.05, 4.69) is 20.3 Å². The fourth-order valence-electron chi connectivity index (χ4n) is 4.10. The first-order valence-corrected chi connectivity index (χ1v) is 11.1. The normalized spacial score (nSPS) is 16.0. The van der Waals surface area contributed by atoms with Crippen LogP contribution in [0.25, 0.3) is 11.1 Å². The summed E-state index contributed by atoms with van der Waals surface area (Å²) in [7, 11) is 0. The van der Waals surface area contributed by atoms with Crippen LogP contribution in [0.5, 0.6) is 0 Å². The molecule has 178 valence electrons. The summed E-state index contributed by atoms with van der Waals surface area (Å²) in [6.07, 6.45) is 3.98. The van der Waals surface area contributed by atoms with E-state index in [1.165, 1.54) is 30.7 Å². The number of carbonyl (C=O) groups excluding carboxylic acids is 1. The molecule has 1 aliphatic carbocycles. The smallest absolute Gasteiger partial charge is 0.258 e. The number of halogens is 4. The molecule has 1 N–H and O–H groups in total. The van der Waals surface area contributed by atoms with Crippen molar-refractivity contribution in [3.8, 4) is 11.1 Å². The van der Waals surface area contributed by atoms with E-state index in [9.17, 15) is 22.4 Å². The summed E-state index contributed by atoms with van der Waals surface area (Å²) in [4.78, 5) is 25.8. The van der Waals surface area contributed by atoms with Crippen LogP contribution in [0, 0.1) is 11.6 Å². The quantitative estimate of drug-likeness (QED) is 0.431. The van der Waals surface area contributed by atoms with E-state index in [0.29, 0.717) is 11.5 Å². The van der Waals surface area contributed by atoms with Gasteiger partial charge in [0.1, 0.15) is 17.5 Å². The van der Waals surface area contributed by atoms with Crippen molar-refractivity contribution in [1.29, 1.82) is 0 Å². The second-order valence-electron chi connectivity index (χ2n) is 8.81. The van der Waals surface area contributed by atoms with Gasteiger partial charge in [-0.05, 0) is 31.0 Å². The summed E-state index contributed by atoms with van der Waals surface area (Å²) in [5.41, 5.74) is 1.13. The Bertz CT molecular complexity index is 1190. The maximum absolute atomic E-state index is 14.7. The third-order valence-corrected chi connectivity index (χ3v) is 5.99. The molecule has 5 nitrogen and oxygen atoms in total. The van der Waals surface area contributed by atoms with Gasteiger partial charge in [-0.15, -0.1) is 0 Å². The van der Waals surface area contributed by atoms with Crippen molar-refractivity contribution in [2.75, 3.05) is 5.32 Å². The SMILES string of the molecule is CC(C)c1ncc(C(=O)Nc2c(-c3ccc(F)cc3F)ccnc2C2CCC(F)(F)CC2)cn1. The molecule has 3 aromatic rings. The molecular formula is C25H24F4N4O. The zero-order valence-electron chi connectivity index (χ0n) is 18.8. The Kier molecular flexibility index (Phi) is 6.63. The molecule has 0 unspecified atom stereocenters. The molecule has 0 bridgehead atoms. The second-order valence-corrected chi connectivity index (χ2v) is 8.81. The highest BCUT2D eigenvalue weighted by Crippen LogP contribution is 2.44. The zero-order chi connectivity index (χ0) is 24.5. The number of nitrogens with zero attached hydrogens (tertiary/aromatic N) is 3. The van der Waals surface area contributed by atoms with E-state index < -0.39 is 23.5 Å². The van der Waals surface area contributed by atoms with Crippen LogP contribution in [0.4, 0.5) is 23.2 Å². The molecule has 1 aromatic carbocycles. The number of rotatable bonds is 5. The molecule has 1 saturated carbocycles. The van der Waals surface area contributed by atoms with Gasteiger partial charge in [0.05, 0.1) is 16.9 Å². The average Bonchev–Trinajstić information content (AvgIpc) is 2.80. The number of amides is 1. The predicted octanol–water partition coefficient (Wildman–Crippen LogP) is 6.49. The largest absolute Gasteiger partial charge is 0.320 e. The average molecular weight is 472 g/mol. The topological polar surface area (TPSA) is 67.8 Å². The lowest BCUT2D eigenvalue weighted by Gasteiger charge is -2.29. The van der Waals surface area contributed by atoms with Crippen LogP contribution in [0.1, 0.15) is 73.2 Å². The molecule has 2 heterocycles. The second kappa shape index (κ2) is 9.48. The summed E-state index contributed by atoms with van der Waals surface area (Å²) in [6, 6.07) is 4.64. The maximum Gasteiger partial charge on any atom is 0.258 e. The molecule has 0 aliphatic heterocycles. The number of hydrogen-bond donors (Lipinski definition) is 1. The van der Waals surface area contributed by atoms with Crippen LogP contribution >= 0.6 is 0 Å². The molecule has 0 atom stereocenters. The Morgan fingerprint density at radius 1 is 1.03 bits per heavy atom. The van der Waals surface area contributed by atoms with Gasteiger partial charge in [0.15, 0.2) is 0 Å². The Morgan fingerprint density at radius 3 is 2.32 bits per heavy atom. The minimum Gasteiger partial charge on any atom is -0.320 e. The van der Waals surface area contributed by atoms with Crippen molar-refractivity contribution in [2.45, 2.75) is 57.3 Å². The van der Waals surface area contributed by atoms with E-state index in [1.54, 1.807) is 0 Å². The van der Waals surface area contributed by atoms with E-state index >= 15 is 0 Å². The first-order valence-electron chi connectivity index (χ1n) is 11.1. The molecule has 1 amide bonds. The summed E-state index contributed by atoms with van der Waals surface area (Å²) in [5, 5.41) is 2.77. The van der Waals surface area contributed by atoms with Gasteiger partial charge >= 0.3 is 0 Å². The fourth-order valence-corrected chi connectivity index (χ4v) is 4.10. The van der Waals surface area contributed by atoms with Crippen LogP contribution in [-0.4, -0.2) is 26.8 Å². The molecule has 0 saturated heterocycles. The number of aromatic nitrogens is 3. The molecule has 34 heavy (non-hydrogen) atoms. The van der Waals surface area contributed by atoms with E-state index in [4.69, 9.17) is 0 Å². The van der Waals surface area contributed by atoms with Crippen LogP contribution in [0.15, 0.2) is 42.9 Å². The highest BCUT2D eigenvalue weighted by atomic mass is 19.3. The van der Waals surface area contributed by atoms with Gasteiger partial charge in [0.25, 0.3) is 5.91 Å². The lowest BCUT2D eigenvalue weighted by Crippen LogP contribution is -2.25. The molecular weight excluding hydrogens is 448 g/mol. The lowest BCUT2D eigenvalue weighted by atomic mass is 9.83. The zero-order valence-corrected chi connectivity index (χ0v) is 18.8. The van der Waals surface area contributed by atoms with Crippen molar-refractivity contribution in [2.24, 2.45) is 0 Å². The number of anilines is 1. The molecule has 4 rings (SSSR count). The molecule has 0 spiro atoms. The Balaban J connectivity index is 1.75. The summed E-state index contributed by atoms with van der Waals surface area (Å²) in [5.74, 6) is -4.52. The van der Waals surface area contributed by atoms with Crippen molar-refractivity contribution in [1.82, 2.24) is 15.0 Å². The number of pyridine rings is 1. The van der Waals surface area contributed by atoms with Crippen LogP contribution in [-0.2, 0) is 0 Å². The van der Waals surface area contributed by atoms with Crippen molar-refractivity contribution < 1.29 is 22.4 Å². The summed E-state index contributed by atoms with van der Waals surface area (Å²) >= 11 is 0. The van der Waals surface area contributed by atoms with Crippen LogP contribution < -0.4 is 5.32 Å². The van der Waals surface area contributed by atoms with Gasteiger partial charge < -0.3 is 5.32 Å². The van der Waals surface area contributed by atoms with Crippen molar-refractivity contribution >= 4 is 11.6 Å². The number of nitrogens with one attached hydrogen (secondary N) is 1. The summed E-state index contributed by atoms with van der Waals surface area (Å²) in [6.45, 7) is 3.85. The van der Waals surface area contributed by atoms with Crippen molar-refractivity contribution in [3.63, 3.8) is 0 Å². The van der Waals surface area contributed by atoms with E-state index in [0.717, 1.165) is 12.1 Å². The lowest BCUT2D eigenvalue weighted by molar-refractivity contribution is -0.0384. The number of hydrogen-bond acceptors (Lipinski definition) is 4. The number of benzene rings is 1. The van der Waals surface area contributed by atoms with E-state index in [-0.39, 0.29) is 59.9 Å². The predicted molar refractivity (Wildman–Crippen MR) is 120 cm³/mol.